The van der Waals surface area contributed by atoms with Gasteiger partial charge >= 0.3 is 0 Å². The number of rotatable bonds is 5. The first kappa shape index (κ1) is 19.7. The van der Waals surface area contributed by atoms with E-state index in [0.29, 0.717) is 22.3 Å². The molecule has 152 valence electrons. The number of hydrogen-bond donors (Lipinski definition) is 1. The number of halogens is 1. The Bertz CT molecular complexity index is 1280. The number of benzene rings is 3. The van der Waals surface area contributed by atoms with Crippen molar-refractivity contribution in [3.8, 4) is 16.9 Å². The summed E-state index contributed by atoms with van der Waals surface area (Å²) in [7, 11) is 3.45. The van der Waals surface area contributed by atoms with Crippen LogP contribution in [0.5, 0.6) is 5.75 Å². The van der Waals surface area contributed by atoms with Crippen molar-refractivity contribution < 1.29 is 9.66 Å². The first-order chi connectivity index (χ1) is 14.4. The highest BCUT2D eigenvalue weighted by Gasteiger charge is 2.20. The fourth-order valence-electron chi connectivity index (χ4n) is 3.60. The molecule has 4 rings (SSSR count). The lowest BCUT2D eigenvalue weighted by atomic mass is 10.0. The molecular formula is C22H19ClN4O3. The highest BCUT2D eigenvalue weighted by molar-refractivity contribution is 6.31. The summed E-state index contributed by atoms with van der Waals surface area (Å²) in [5.41, 5.74) is 4.51. The smallest absolute Gasteiger partial charge is 0.277 e. The molecule has 1 N–H and O–H groups in total. The van der Waals surface area contributed by atoms with Crippen LogP contribution in [0.3, 0.4) is 0 Å². The molecule has 0 aliphatic rings. The van der Waals surface area contributed by atoms with Gasteiger partial charge in [-0.25, -0.2) is 4.98 Å². The molecule has 0 fully saturated rings. The zero-order valence-electron chi connectivity index (χ0n) is 16.6. The molecule has 1 aromatic heterocycles. The van der Waals surface area contributed by atoms with Gasteiger partial charge in [-0.15, -0.1) is 0 Å². The third kappa shape index (κ3) is 3.33. The second-order valence-electron chi connectivity index (χ2n) is 6.87. The average Bonchev–Trinajstić information content (AvgIpc) is 3.05. The van der Waals surface area contributed by atoms with Gasteiger partial charge in [0.2, 0.25) is 5.95 Å². The number of anilines is 2. The molecule has 1 heterocycles. The van der Waals surface area contributed by atoms with E-state index in [9.17, 15) is 10.1 Å². The topological polar surface area (TPSA) is 82.2 Å². The van der Waals surface area contributed by atoms with Gasteiger partial charge < -0.3 is 14.6 Å². The molecule has 30 heavy (non-hydrogen) atoms. The second kappa shape index (κ2) is 7.68. The van der Waals surface area contributed by atoms with Crippen LogP contribution in [0.1, 0.15) is 5.56 Å². The van der Waals surface area contributed by atoms with Crippen molar-refractivity contribution in [1.29, 1.82) is 0 Å². The van der Waals surface area contributed by atoms with E-state index in [4.69, 9.17) is 21.3 Å². The van der Waals surface area contributed by atoms with Gasteiger partial charge in [-0.3, -0.25) is 10.1 Å². The highest BCUT2D eigenvalue weighted by Crippen LogP contribution is 2.38. The first-order valence-electron chi connectivity index (χ1n) is 9.21. The molecule has 0 unspecified atom stereocenters. The van der Waals surface area contributed by atoms with Crippen LogP contribution < -0.4 is 10.1 Å². The average molecular weight is 423 g/mol. The van der Waals surface area contributed by atoms with Gasteiger partial charge in [0.15, 0.2) is 0 Å². The number of imidazole rings is 1. The Morgan fingerprint density at radius 1 is 1.13 bits per heavy atom. The fraction of sp³-hybridized carbons (Fsp3) is 0.136. The molecule has 8 heteroatoms. The Labute approximate surface area is 178 Å². The lowest BCUT2D eigenvalue weighted by Crippen LogP contribution is -2.03. The van der Waals surface area contributed by atoms with Gasteiger partial charge in [-0.05, 0) is 30.7 Å². The van der Waals surface area contributed by atoms with Crippen molar-refractivity contribution in [3.05, 3.63) is 75.3 Å². The lowest BCUT2D eigenvalue weighted by molar-refractivity contribution is -0.384. The van der Waals surface area contributed by atoms with Crippen molar-refractivity contribution in [3.63, 3.8) is 0 Å². The Kier molecular flexibility index (Phi) is 5.05. The molecule has 0 atom stereocenters. The molecule has 0 saturated carbocycles. The maximum absolute atomic E-state index is 11.5. The number of nitrogens with zero attached hydrogens (tertiary/aromatic N) is 3. The van der Waals surface area contributed by atoms with Crippen LogP contribution in [-0.2, 0) is 7.05 Å². The zero-order valence-corrected chi connectivity index (χ0v) is 17.4. The molecule has 0 bridgehead atoms. The normalized spacial score (nSPS) is 10.9. The van der Waals surface area contributed by atoms with Gasteiger partial charge in [0.05, 0.1) is 34.3 Å². The van der Waals surface area contributed by atoms with Crippen molar-refractivity contribution >= 4 is 40.0 Å². The molecule has 4 aromatic rings. The van der Waals surface area contributed by atoms with Crippen LogP contribution in [0.4, 0.5) is 17.3 Å². The van der Waals surface area contributed by atoms with E-state index < -0.39 is 0 Å². The predicted octanol–water partition coefficient (Wildman–Crippen LogP) is 5.86. The zero-order chi connectivity index (χ0) is 21.4. The SMILES string of the molecule is COc1cc(Cl)cc(C)c1Nc1nc2cccc(-c3ccccc3[N+](=O)[O-])c2n1C. The summed E-state index contributed by atoms with van der Waals surface area (Å²) in [6.45, 7) is 1.93. The Morgan fingerprint density at radius 2 is 1.87 bits per heavy atom. The van der Waals surface area contributed by atoms with Gasteiger partial charge in [0.1, 0.15) is 5.75 Å². The molecule has 0 aliphatic carbocycles. The number of fused-ring (bicyclic) bond motifs is 1. The third-order valence-corrected chi connectivity index (χ3v) is 5.22. The third-order valence-electron chi connectivity index (χ3n) is 5.01. The van der Waals surface area contributed by atoms with E-state index in [1.54, 1.807) is 31.4 Å². The van der Waals surface area contributed by atoms with E-state index in [0.717, 1.165) is 27.8 Å². The quantitative estimate of drug-likeness (QED) is 0.321. The van der Waals surface area contributed by atoms with Crippen molar-refractivity contribution in [1.82, 2.24) is 9.55 Å². The largest absolute Gasteiger partial charge is 0.495 e. The Hall–Kier alpha value is -3.58. The van der Waals surface area contributed by atoms with E-state index in [1.165, 1.54) is 6.07 Å². The number of methoxy groups -OCH3 is 1. The lowest BCUT2D eigenvalue weighted by Gasteiger charge is -2.14. The highest BCUT2D eigenvalue weighted by atomic mass is 35.5. The number of para-hydroxylation sites is 2. The molecule has 0 amide bonds. The summed E-state index contributed by atoms with van der Waals surface area (Å²) in [5.74, 6) is 1.19. The molecule has 0 radical (unpaired) electrons. The monoisotopic (exact) mass is 422 g/mol. The molecule has 0 spiro atoms. The number of hydrogen-bond acceptors (Lipinski definition) is 5. The standard InChI is InChI=1S/C22H19ClN4O3/c1-13-11-14(23)12-19(30-3)20(13)25-22-24-17-9-6-8-16(21(17)26(22)2)15-7-4-5-10-18(15)27(28)29/h4-12H,1-3H3,(H,24,25). The number of ether oxygens (including phenoxy) is 1. The van der Waals surface area contributed by atoms with Gasteiger partial charge in [-0.2, -0.15) is 0 Å². The van der Waals surface area contributed by atoms with Crippen LogP contribution in [0.25, 0.3) is 22.2 Å². The maximum Gasteiger partial charge on any atom is 0.277 e. The van der Waals surface area contributed by atoms with Gasteiger partial charge in [-0.1, -0.05) is 35.9 Å². The maximum atomic E-state index is 11.5. The van der Waals surface area contributed by atoms with Crippen molar-refractivity contribution in [2.24, 2.45) is 7.05 Å². The fourth-order valence-corrected chi connectivity index (χ4v) is 3.87. The second-order valence-corrected chi connectivity index (χ2v) is 7.30. The summed E-state index contributed by atoms with van der Waals surface area (Å²) >= 11 is 6.14. The van der Waals surface area contributed by atoms with E-state index in [-0.39, 0.29) is 10.6 Å². The minimum absolute atomic E-state index is 0.0518. The predicted molar refractivity (Wildman–Crippen MR) is 119 cm³/mol. The van der Waals surface area contributed by atoms with Gasteiger partial charge in [0, 0.05) is 29.8 Å². The van der Waals surface area contributed by atoms with Crippen molar-refractivity contribution in [2.45, 2.75) is 6.92 Å². The molecule has 0 aliphatic heterocycles. The number of aromatic nitrogens is 2. The van der Waals surface area contributed by atoms with Crippen LogP contribution in [0, 0.1) is 17.0 Å². The summed E-state index contributed by atoms with van der Waals surface area (Å²) in [6, 6.07) is 15.9. The van der Waals surface area contributed by atoms with Crippen LogP contribution in [-0.4, -0.2) is 21.6 Å². The van der Waals surface area contributed by atoms with Crippen LogP contribution >= 0.6 is 11.6 Å². The van der Waals surface area contributed by atoms with Crippen molar-refractivity contribution in [2.75, 3.05) is 12.4 Å². The first-order valence-corrected chi connectivity index (χ1v) is 9.59. The molecule has 0 saturated heterocycles. The number of aryl methyl sites for hydroxylation is 2. The van der Waals surface area contributed by atoms with E-state index in [2.05, 4.69) is 5.32 Å². The summed E-state index contributed by atoms with van der Waals surface area (Å²) in [4.78, 5) is 15.9. The number of nitrogens with one attached hydrogen (secondary N) is 1. The molecule has 3 aromatic carbocycles. The summed E-state index contributed by atoms with van der Waals surface area (Å²) < 4.78 is 7.35. The molecule has 7 nitrogen and oxygen atoms in total. The summed E-state index contributed by atoms with van der Waals surface area (Å²) in [6.07, 6.45) is 0. The van der Waals surface area contributed by atoms with E-state index in [1.807, 2.05) is 42.8 Å². The number of nitro benzene ring substituents is 1. The van der Waals surface area contributed by atoms with Crippen LogP contribution in [0.2, 0.25) is 5.02 Å². The minimum Gasteiger partial charge on any atom is -0.495 e. The number of nitro groups is 1. The molecular weight excluding hydrogens is 404 g/mol. The Balaban J connectivity index is 1.89. The Morgan fingerprint density at radius 3 is 2.60 bits per heavy atom. The summed E-state index contributed by atoms with van der Waals surface area (Å²) in [5, 5.41) is 15.5. The van der Waals surface area contributed by atoms with Crippen LogP contribution in [0.15, 0.2) is 54.6 Å². The van der Waals surface area contributed by atoms with Gasteiger partial charge in [0.25, 0.3) is 5.69 Å². The minimum atomic E-state index is -0.369. The van der Waals surface area contributed by atoms with E-state index >= 15 is 0 Å².